The van der Waals surface area contributed by atoms with Gasteiger partial charge in [0.25, 0.3) is 0 Å². The van der Waals surface area contributed by atoms with Crippen LogP contribution in [0, 0.1) is 6.92 Å². The molecule has 0 fully saturated rings. The van der Waals surface area contributed by atoms with E-state index in [2.05, 4.69) is 15.1 Å². The monoisotopic (exact) mass is 322 g/mol. The van der Waals surface area contributed by atoms with Gasteiger partial charge in [0, 0.05) is 31.2 Å². The fourth-order valence-corrected chi connectivity index (χ4v) is 2.35. The maximum Gasteiger partial charge on any atom is 0.416 e. The van der Waals surface area contributed by atoms with Crippen molar-refractivity contribution in [2.45, 2.75) is 19.6 Å². The molecular formula is C15H13F3N4O. The molecule has 120 valence electrons. The van der Waals surface area contributed by atoms with E-state index >= 15 is 0 Å². The number of alkyl halides is 3. The normalized spacial score (nSPS) is 11.9. The molecule has 0 bridgehead atoms. The van der Waals surface area contributed by atoms with Crippen molar-refractivity contribution in [3.8, 4) is 0 Å². The van der Waals surface area contributed by atoms with Gasteiger partial charge in [0.1, 0.15) is 0 Å². The van der Waals surface area contributed by atoms with E-state index < -0.39 is 11.7 Å². The van der Waals surface area contributed by atoms with Crippen molar-refractivity contribution in [3.63, 3.8) is 0 Å². The molecule has 23 heavy (non-hydrogen) atoms. The van der Waals surface area contributed by atoms with Crippen molar-refractivity contribution in [1.82, 2.24) is 15.1 Å². The summed E-state index contributed by atoms with van der Waals surface area (Å²) in [7, 11) is 1.80. The zero-order valence-corrected chi connectivity index (χ0v) is 12.4. The fraction of sp³-hybridized carbons (Fsp3) is 0.267. The Morgan fingerprint density at radius 1 is 1.22 bits per heavy atom. The molecule has 2 heterocycles. The fourth-order valence-electron chi connectivity index (χ4n) is 2.35. The summed E-state index contributed by atoms with van der Waals surface area (Å²) in [5.74, 6) is 0.963. The summed E-state index contributed by atoms with van der Waals surface area (Å²) in [6, 6.07) is 5.27. The van der Waals surface area contributed by atoms with Crippen LogP contribution in [0.15, 0.2) is 35.0 Å². The van der Waals surface area contributed by atoms with Gasteiger partial charge in [-0.05, 0) is 18.2 Å². The van der Waals surface area contributed by atoms with Gasteiger partial charge in [-0.15, -0.1) is 0 Å². The molecule has 0 aliphatic heterocycles. The van der Waals surface area contributed by atoms with Crippen molar-refractivity contribution < 1.29 is 17.7 Å². The Labute approximate surface area is 129 Å². The maximum absolute atomic E-state index is 12.8. The molecule has 0 atom stereocenters. The molecule has 0 radical (unpaired) electrons. The van der Waals surface area contributed by atoms with Crippen molar-refractivity contribution in [3.05, 3.63) is 47.7 Å². The van der Waals surface area contributed by atoms with Crippen molar-refractivity contribution in [2.24, 2.45) is 0 Å². The highest BCUT2D eigenvalue weighted by molar-refractivity contribution is 5.91. The highest BCUT2D eigenvalue weighted by atomic mass is 19.4. The minimum atomic E-state index is -4.39. The van der Waals surface area contributed by atoms with Crippen LogP contribution in [0.3, 0.4) is 0 Å². The summed E-state index contributed by atoms with van der Waals surface area (Å²) >= 11 is 0. The van der Waals surface area contributed by atoms with Crippen LogP contribution < -0.4 is 4.90 Å². The lowest BCUT2D eigenvalue weighted by Gasteiger charge is -2.19. The molecule has 0 N–H and O–H groups in total. The van der Waals surface area contributed by atoms with Crippen LogP contribution in [0.5, 0.6) is 0 Å². The van der Waals surface area contributed by atoms with E-state index in [4.69, 9.17) is 4.52 Å². The number of hydrogen-bond donors (Lipinski definition) is 0. The molecule has 2 aromatic heterocycles. The molecule has 0 aliphatic carbocycles. The quantitative estimate of drug-likeness (QED) is 0.738. The smallest absolute Gasteiger partial charge is 0.366 e. The summed E-state index contributed by atoms with van der Waals surface area (Å²) in [6.07, 6.45) is -2.91. The second kappa shape index (κ2) is 5.53. The molecule has 5 nitrogen and oxygen atoms in total. The van der Waals surface area contributed by atoms with E-state index in [0.29, 0.717) is 23.6 Å². The third kappa shape index (κ3) is 3.10. The summed E-state index contributed by atoms with van der Waals surface area (Å²) in [5, 5.41) is 4.44. The average Bonchev–Trinajstić information content (AvgIpc) is 2.90. The first-order valence-corrected chi connectivity index (χ1v) is 6.81. The van der Waals surface area contributed by atoms with Gasteiger partial charge in [-0.1, -0.05) is 11.2 Å². The molecule has 0 spiro atoms. The Morgan fingerprint density at radius 2 is 2.00 bits per heavy atom. The van der Waals surface area contributed by atoms with Gasteiger partial charge < -0.3 is 9.42 Å². The van der Waals surface area contributed by atoms with Gasteiger partial charge >= 0.3 is 6.18 Å². The van der Waals surface area contributed by atoms with Gasteiger partial charge in [-0.2, -0.15) is 18.2 Å². The van der Waals surface area contributed by atoms with E-state index in [-0.39, 0.29) is 5.52 Å². The molecule has 0 saturated heterocycles. The van der Waals surface area contributed by atoms with E-state index in [9.17, 15) is 13.2 Å². The lowest BCUT2D eigenvalue weighted by atomic mass is 10.1. The van der Waals surface area contributed by atoms with Crippen molar-refractivity contribution in [1.29, 1.82) is 0 Å². The van der Waals surface area contributed by atoms with Crippen LogP contribution in [0.2, 0.25) is 0 Å². The predicted molar refractivity (Wildman–Crippen MR) is 77.9 cm³/mol. The van der Waals surface area contributed by atoms with Crippen LogP contribution >= 0.6 is 0 Å². The third-order valence-corrected chi connectivity index (χ3v) is 3.41. The summed E-state index contributed by atoms with van der Waals surface area (Å²) < 4.78 is 43.3. The van der Waals surface area contributed by atoms with Crippen LogP contribution in [0.25, 0.3) is 10.9 Å². The van der Waals surface area contributed by atoms with Gasteiger partial charge in [-0.3, -0.25) is 4.98 Å². The summed E-state index contributed by atoms with van der Waals surface area (Å²) in [4.78, 5) is 9.99. The molecule has 3 aromatic rings. The lowest BCUT2D eigenvalue weighted by Crippen LogP contribution is -2.18. The van der Waals surface area contributed by atoms with Crippen molar-refractivity contribution >= 4 is 16.6 Å². The number of aromatic nitrogens is 3. The molecule has 3 rings (SSSR count). The largest absolute Gasteiger partial charge is 0.416 e. The predicted octanol–water partition coefficient (Wildman–Crippen LogP) is 3.58. The molecule has 0 aliphatic rings. The molecular weight excluding hydrogens is 309 g/mol. The Balaban J connectivity index is 1.97. The highest BCUT2D eigenvalue weighted by Gasteiger charge is 2.30. The van der Waals surface area contributed by atoms with Crippen molar-refractivity contribution in [2.75, 3.05) is 11.9 Å². The Kier molecular flexibility index (Phi) is 3.67. The zero-order valence-electron chi connectivity index (χ0n) is 12.4. The van der Waals surface area contributed by atoms with Gasteiger partial charge in [0.2, 0.25) is 5.89 Å². The van der Waals surface area contributed by atoms with E-state index in [1.54, 1.807) is 20.0 Å². The second-order valence-corrected chi connectivity index (χ2v) is 5.15. The Morgan fingerprint density at radius 3 is 2.65 bits per heavy atom. The SMILES string of the molecule is Cc1nc(CN(C)c2ccnc3cc(C(F)(F)F)ccc23)no1. The number of nitrogens with zero attached hydrogens (tertiary/aromatic N) is 4. The highest BCUT2D eigenvalue weighted by Crippen LogP contribution is 2.33. The Bertz CT molecular complexity index is 844. The number of rotatable bonds is 3. The number of aryl methyl sites for hydroxylation is 1. The maximum atomic E-state index is 12.8. The van der Waals surface area contributed by atoms with Crippen LogP contribution in [0.1, 0.15) is 17.3 Å². The number of pyridine rings is 1. The third-order valence-electron chi connectivity index (χ3n) is 3.41. The second-order valence-electron chi connectivity index (χ2n) is 5.15. The minimum Gasteiger partial charge on any atom is -0.366 e. The van der Waals surface area contributed by atoms with E-state index in [0.717, 1.165) is 17.8 Å². The standard InChI is InChI=1S/C15H13F3N4O/c1-9-20-14(21-23-9)8-22(2)13-5-6-19-12-7-10(15(16,17)18)3-4-11(12)13/h3-7H,8H2,1-2H3. The first-order chi connectivity index (χ1) is 10.8. The Hall–Kier alpha value is -2.64. The van der Waals surface area contributed by atoms with Gasteiger partial charge in [-0.25, -0.2) is 0 Å². The molecule has 0 saturated carbocycles. The van der Waals surface area contributed by atoms with Crippen LogP contribution in [0.4, 0.5) is 18.9 Å². The number of anilines is 1. The van der Waals surface area contributed by atoms with Gasteiger partial charge in [0.05, 0.1) is 17.6 Å². The minimum absolute atomic E-state index is 0.286. The topological polar surface area (TPSA) is 55.1 Å². The average molecular weight is 322 g/mol. The number of fused-ring (bicyclic) bond motifs is 1. The van der Waals surface area contributed by atoms with Crippen LogP contribution in [-0.2, 0) is 12.7 Å². The van der Waals surface area contributed by atoms with Crippen LogP contribution in [-0.4, -0.2) is 22.2 Å². The molecule has 1 aromatic carbocycles. The molecule has 8 heteroatoms. The summed E-state index contributed by atoms with van der Waals surface area (Å²) in [6.45, 7) is 2.06. The van der Waals surface area contributed by atoms with Gasteiger partial charge in [0.15, 0.2) is 5.82 Å². The molecule has 0 amide bonds. The lowest BCUT2D eigenvalue weighted by molar-refractivity contribution is -0.137. The number of hydrogen-bond acceptors (Lipinski definition) is 5. The molecule has 0 unspecified atom stereocenters. The first kappa shape index (κ1) is 15.3. The number of benzene rings is 1. The first-order valence-electron chi connectivity index (χ1n) is 6.81. The summed E-state index contributed by atoms with van der Waals surface area (Å²) in [5.41, 5.74) is 0.311. The van der Waals surface area contributed by atoms with E-state index in [1.165, 1.54) is 12.3 Å². The van der Waals surface area contributed by atoms with E-state index in [1.807, 2.05) is 4.90 Å². The zero-order chi connectivity index (χ0) is 16.6. The number of halogens is 3.